The number of amides is 1. The zero-order chi connectivity index (χ0) is 23.5. The summed E-state index contributed by atoms with van der Waals surface area (Å²) >= 11 is 6.13. The highest BCUT2D eigenvalue weighted by Gasteiger charge is 2.29. The first-order valence-corrected chi connectivity index (χ1v) is 12.7. The third kappa shape index (κ3) is 4.98. The van der Waals surface area contributed by atoms with Gasteiger partial charge in [0.05, 0.1) is 11.4 Å². The molecule has 0 bridgehead atoms. The van der Waals surface area contributed by atoms with Crippen LogP contribution in [0.3, 0.4) is 0 Å². The normalized spacial score (nSPS) is 18.1. The van der Waals surface area contributed by atoms with Crippen molar-refractivity contribution in [2.45, 2.75) is 32.1 Å². The zero-order valence-corrected chi connectivity index (χ0v) is 20.2. The van der Waals surface area contributed by atoms with Gasteiger partial charge >= 0.3 is 0 Å². The van der Waals surface area contributed by atoms with Crippen LogP contribution in [0.15, 0.2) is 54.2 Å². The van der Waals surface area contributed by atoms with E-state index < -0.39 is 0 Å². The Kier molecular flexibility index (Phi) is 6.88. The second-order valence-electron chi connectivity index (χ2n) is 9.26. The molecule has 2 aromatic carbocycles. The van der Waals surface area contributed by atoms with Gasteiger partial charge in [0.15, 0.2) is 5.78 Å². The molecular weight excluding hydrogens is 448 g/mol. The average Bonchev–Trinajstić information content (AvgIpc) is 2.87. The van der Waals surface area contributed by atoms with Crippen LogP contribution in [0.4, 0.5) is 17.1 Å². The number of anilines is 3. The van der Waals surface area contributed by atoms with Crippen molar-refractivity contribution in [3.8, 4) is 0 Å². The minimum absolute atomic E-state index is 0.0766. The van der Waals surface area contributed by atoms with Crippen LogP contribution in [0.5, 0.6) is 0 Å². The van der Waals surface area contributed by atoms with E-state index in [2.05, 4.69) is 26.1 Å². The highest BCUT2D eigenvalue weighted by atomic mass is 35.5. The molecule has 3 heterocycles. The van der Waals surface area contributed by atoms with E-state index in [1.165, 1.54) is 5.69 Å². The van der Waals surface area contributed by atoms with Crippen molar-refractivity contribution in [1.82, 2.24) is 4.90 Å². The van der Waals surface area contributed by atoms with Gasteiger partial charge in [-0.3, -0.25) is 14.5 Å². The van der Waals surface area contributed by atoms with Gasteiger partial charge in [-0.15, -0.1) is 0 Å². The van der Waals surface area contributed by atoms with Crippen LogP contribution < -0.4 is 15.1 Å². The summed E-state index contributed by atoms with van der Waals surface area (Å²) in [6.45, 7) is 5.89. The molecule has 0 radical (unpaired) electrons. The molecule has 2 aromatic rings. The van der Waals surface area contributed by atoms with Gasteiger partial charge in [-0.05, 0) is 68.6 Å². The largest absolute Gasteiger partial charge is 0.369 e. The van der Waals surface area contributed by atoms with Crippen molar-refractivity contribution in [2.75, 3.05) is 54.4 Å². The second-order valence-corrected chi connectivity index (χ2v) is 9.69. The number of ketones is 1. The molecule has 3 aliphatic rings. The minimum Gasteiger partial charge on any atom is -0.369 e. The number of Topliss-reactive ketones (excluding diaryl/α,β-unsaturated/α-hetero) is 1. The number of rotatable bonds is 7. The van der Waals surface area contributed by atoms with Crippen LogP contribution >= 0.6 is 11.6 Å². The van der Waals surface area contributed by atoms with Gasteiger partial charge < -0.3 is 15.1 Å². The molecular formula is C27H31ClN4O2. The van der Waals surface area contributed by atoms with Crippen molar-refractivity contribution in [1.29, 1.82) is 0 Å². The number of benzene rings is 2. The number of allylic oxidation sites excluding steroid dienone is 1. The first-order chi connectivity index (χ1) is 16.6. The van der Waals surface area contributed by atoms with E-state index in [0.29, 0.717) is 12.0 Å². The lowest BCUT2D eigenvalue weighted by molar-refractivity contribution is -0.113. The highest BCUT2D eigenvalue weighted by molar-refractivity contribution is 6.30. The predicted octanol–water partition coefficient (Wildman–Crippen LogP) is 4.95. The quantitative estimate of drug-likeness (QED) is 0.450. The molecule has 1 N–H and O–H groups in total. The van der Waals surface area contributed by atoms with Crippen molar-refractivity contribution in [2.24, 2.45) is 0 Å². The zero-order valence-electron chi connectivity index (χ0n) is 19.4. The van der Waals surface area contributed by atoms with E-state index in [1.54, 1.807) is 0 Å². The van der Waals surface area contributed by atoms with Crippen LogP contribution in [-0.2, 0) is 4.79 Å². The summed E-state index contributed by atoms with van der Waals surface area (Å²) in [6.07, 6.45) is 6.37. The molecule has 0 saturated carbocycles. The number of carbonyl (C=O) groups excluding carboxylic acids is 2. The van der Waals surface area contributed by atoms with Gasteiger partial charge in [0.1, 0.15) is 5.70 Å². The SMILES string of the molecule is O=C1Nc2cc(C(=O)CCCCN3CCN(c4cccc(Cl)c4)CC3)ccc2N2CCCC=C12. The molecule has 0 atom stereocenters. The molecule has 3 aliphatic heterocycles. The highest BCUT2D eigenvalue weighted by Crippen LogP contribution is 2.36. The molecule has 0 aliphatic carbocycles. The number of hydrogen-bond acceptors (Lipinski definition) is 5. The summed E-state index contributed by atoms with van der Waals surface area (Å²) in [5, 5.41) is 3.74. The van der Waals surface area contributed by atoms with E-state index >= 15 is 0 Å². The number of unbranched alkanes of at least 4 members (excludes halogenated alkanes) is 1. The van der Waals surface area contributed by atoms with Gasteiger partial charge in [-0.1, -0.05) is 23.7 Å². The van der Waals surface area contributed by atoms with Crippen LogP contribution in [-0.4, -0.2) is 55.9 Å². The Balaban J connectivity index is 1.08. The van der Waals surface area contributed by atoms with Crippen molar-refractivity contribution >= 4 is 40.4 Å². The summed E-state index contributed by atoms with van der Waals surface area (Å²) in [5.74, 6) is 0.0649. The molecule has 5 rings (SSSR count). The lowest BCUT2D eigenvalue weighted by Gasteiger charge is -2.36. The molecule has 0 unspecified atom stereocenters. The van der Waals surface area contributed by atoms with Crippen LogP contribution in [0.2, 0.25) is 5.02 Å². The van der Waals surface area contributed by atoms with E-state index in [4.69, 9.17) is 11.6 Å². The van der Waals surface area contributed by atoms with E-state index in [9.17, 15) is 9.59 Å². The van der Waals surface area contributed by atoms with Gasteiger partial charge in [-0.2, -0.15) is 0 Å². The van der Waals surface area contributed by atoms with Crippen molar-refractivity contribution in [3.05, 3.63) is 64.8 Å². The number of carbonyl (C=O) groups is 2. The third-order valence-corrected chi connectivity index (χ3v) is 7.21. The fraction of sp³-hybridized carbons (Fsp3) is 0.407. The Hall–Kier alpha value is -2.83. The molecule has 34 heavy (non-hydrogen) atoms. The smallest absolute Gasteiger partial charge is 0.272 e. The van der Waals surface area contributed by atoms with Crippen LogP contribution in [0.25, 0.3) is 0 Å². The predicted molar refractivity (Wildman–Crippen MR) is 138 cm³/mol. The van der Waals surface area contributed by atoms with E-state index in [0.717, 1.165) is 87.0 Å². The number of hydrogen-bond donors (Lipinski definition) is 1. The monoisotopic (exact) mass is 478 g/mol. The van der Waals surface area contributed by atoms with Gasteiger partial charge in [0.25, 0.3) is 5.91 Å². The van der Waals surface area contributed by atoms with Gasteiger partial charge in [0, 0.05) is 55.4 Å². The molecule has 178 valence electrons. The number of nitrogens with one attached hydrogen (secondary N) is 1. The third-order valence-electron chi connectivity index (χ3n) is 6.98. The molecule has 0 aromatic heterocycles. The Morgan fingerprint density at radius 3 is 2.68 bits per heavy atom. The summed E-state index contributed by atoms with van der Waals surface area (Å²) in [5.41, 5.74) is 4.32. The molecule has 0 spiro atoms. The summed E-state index contributed by atoms with van der Waals surface area (Å²) in [4.78, 5) is 32.2. The molecule has 1 amide bonds. The molecule has 1 saturated heterocycles. The Bertz CT molecular complexity index is 1110. The lowest BCUT2D eigenvalue weighted by atomic mass is 10.0. The fourth-order valence-corrected chi connectivity index (χ4v) is 5.27. The maximum Gasteiger partial charge on any atom is 0.272 e. The molecule has 7 heteroatoms. The lowest BCUT2D eigenvalue weighted by Crippen LogP contribution is -2.46. The van der Waals surface area contributed by atoms with Crippen LogP contribution in [0, 0.1) is 0 Å². The van der Waals surface area contributed by atoms with E-state index in [-0.39, 0.29) is 11.7 Å². The average molecular weight is 479 g/mol. The Morgan fingerprint density at radius 1 is 1.00 bits per heavy atom. The topological polar surface area (TPSA) is 55.9 Å². The summed E-state index contributed by atoms with van der Waals surface area (Å²) < 4.78 is 0. The minimum atomic E-state index is -0.0766. The molecule has 1 fully saturated rings. The van der Waals surface area contributed by atoms with Crippen molar-refractivity contribution < 1.29 is 9.59 Å². The number of nitrogens with zero attached hydrogens (tertiary/aromatic N) is 3. The standard InChI is InChI=1S/C27H31ClN4O2/c28-21-6-5-7-22(19-21)31-16-14-30(15-17-31)12-3-2-9-26(33)20-10-11-24-23(18-20)29-27(34)25-8-1-4-13-32(24)25/h5-8,10-11,18-19H,1-4,9,12-17H2,(H,29,34). The van der Waals surface area contributed by atoms with Crippen molar-refractivity contribution in [3.63, 3.8) is 0 Å². The number of halogens is 1. The first kappa shape index (κ1) is 22.9. The van der Waals surface area contributed by atoms with E-state index in [1.807, 2.05) is 42.5 Å². The summed E-state index contributed by atoms with van der Waals surface area (Å²) in [7, 11) is 0. The van der Waals surface area contributed by atoms with Crippen LogP contribution in [0.1, 0.15) is 42.5 Å². The maximum absolute atomic E-state index is 12.8. The fourth-order valence-electron chi connectivity index (χ4n) is 5.08. The first-order valence-electron chi connectivity index (χ1n) is 12.3. The Morgan fingerprint density at radius 2 is 1.85 bits per heavy atom. The second kappa shape index (κ2) is 10.2. The van der Waals surface area contributed by atoms with Gasteiger partial charge in [0.2, 0.25) is 0 Å². The number of piperazine rings is 1. The molecule has 6 nitrogen and oxygen atoms in total. The summed E-state index contributed by atoms with van der Waals surface area (Å²) in [6, 6.07) is 13.8. The van der Waals surface area contributed by atoms with Gasteiger partial charge in [-0.25, -0.2) is 0 Å². The maximum atomic E-state index is 12.8. The number of fused-ring (bicyclic) bond motifs is 3. The Labute approximate surface area is 206 Å².